The molecule has 1 aromatic rings. The lowest BCUT2D eigenvalue weighted by atomic mass is 10.0. The average Bonchev–Trinajstić information content (AvgIpc) is 2.78. The van der Waals surface area contributed by atoms with E-state index in [1.54, 1.807) is 24.3 Å². The van der Waals surface area contributed by atoms with E-state index in [1.807, 2.05) is 18.0 Å². The molecule has 1 fully saturated rings. The maximum Gasteiger partial charge on any atom is 0.205 e. The number of benzene rings is 1. The summed E-state index contributed by atoms with van der Waals surface area (Å²) in [5.41, 5.74) is 1.60. The fourth-order valence-electron chi connectivity index (χ4n) is 2.12. The van der Waals surface area contributed by atoms with Gasteiger partial charge in [-0.3, -0.25) is 4.79 Å². The second kappa shape index (κ2) is 5.24. The van der Waals surface area contributed by atoms with E-state index in [0.29, 0.717) is 10.6 Å². The van der Waals surface area contributed by atoms with E-state index in [1.165, 1.54) is 0 Å². The van der Waals surface area contributed by atoms with Gasteiger partial charge in [0.2, 0.25) is 5.78 Å². The van der Waals surface area contributed by atoms with Crippen molar-refractivity contribution < 1.29 is 4.79 Å². The summed E-state index contributed by atoms with van der Waals surface area (Å²) >= 11 is 5.78. The molecule has 92 valence electrons. The van der Waals surface area contributed by atoms with Gasteiger partial charge in [-0.2, -0.15) is 5.26 Å². The molecule has 1 aromatic carbocycles. The van der Waals surface area contributed by atoms with Gasteiger partial charge in [0.15, 0.2) is 0 Å². The van der Waals surface area contributed by atoms with Gasteiger partial charge < -0.3 is 4.90 Å². The summed E-state index contributed by atoms with van der Waals surface area (Å²) in [6.45, 7) is 0.897. The van der Waals surface area contributed by atoms with E-state index in [-0.39, 0.29) is 11.4 Å². The first-order valence-electron chi connectivity index (χ1n) is 5.78. The van der Waals surface area contributed by atoms with Crippen LogP contribution in [0.5, 0.6) is 0 Å². The zero-order chi connectivity index (χ0) is 13.1. The molecule has 18 heavy (non-hydrogen) atoms. The van der Waals surface area contributed by atoms with E-state index in [9.17, 15) is 10.1 Å². The number of Topliss-reactive ketones (excluding diaryl/α,β-unsaturated/α-hetero) is 1. The molecule has 1 heterocycles. The second-order valence-electron chi connectivity index (χ2n) is 4.29. The van der Waals surface area contributed by atoms with Gasteiger partial charge in [-0.25, -0.2) is 0 Å². The van der Waals surface area contributed by atoms with Gasteiger partial charge in [-0.15, -0.1) is 0 Å². The lowest BCUT2D eigenvalue weighted by molar-refractivity contribution is 0.103. The lowest BCUT2D eigenvalue weighted by Gasteiger charge is -2.14. The Labute approximate surface area is 111 Å². The zero-order valence-electron chi connectivity index (χ0n) is 10.1. The molecule has 0 unspecified atom stereocenters. The van der Waals surface area contributed by atoms with Crippen molar-refractivity contribution in [3.05, 3.63) is 46.1 Å². The molecule has 1 saturated heterocycles. The molecule has 0 aromatic heterocycles. The van der Waals surface area contributed by atoms with Crippen molar-refractivity contribution in [3.63, 3.8) is 0 Å². The minimum absolute atomic E-state index is 0.224. The number of nitriles is 1. The molecule has 0 radical (unpaired) electrons. The standard InChI is InChI=1S/C14H13ClN2O/c1-17-8-2-3-13(17)12(9-16)14(18)10-4-6-11(15)7-5-10/h4-7H,2-3,8H2,1H3/b13-12-. The van der Waals surface area contributed by atoms with E-state index in [0.717, 1.165) is 25.1 Å². The topological polar surface area (TPSA) is 44.1 Å². The Kier molecular flexibility index (Phi) is 3.69. The third-order valence-corrected chi connectivity index (χ3v) is 3.35. The third kappa shape index (κ3) is 2.39. The van der Waals surface area contributed by atoms with Crippen molar-refractivity contribution in [3.8, 4) is 6.07 Å². The highest BCUT2D eigenvalue weighted by molar-refractivity contribution is 6.30. The molecule has 0 bridgehead atoms. The number of hydrogen-bond acceptors (Lipinski definition) is 3. The highest BCUT2D eigenvalue weighted by Gasteiger charge is 2.23. The van der Waals surface area contributed by atoms with Crippen molar-refractivity contribution >= 4 is 17.4 Å². The van der Waals surface area contributed by atoms with E-state index in [4.69, 9.17) is 11.6 Å². The fourth-order valence-corrected chi connectivity index (χ4v) is 2.24. The molecule has 0 saturated carbocycles. The summed E-state index contributed by atoms with van der Waals surface area (Å²) in [5.74, 6) is -0.224. The minimum atomic E-state index is -0.224. The van der Waals surface area contributed by atoms with Crippen LogP contribution < -0.4 is 0 Å². The summed E-state index contributed by atoms with van der Waals surface area (Å²) in [6.07, 6.45) is 1.78. The number of halogens is 1. The molecule has 2 rings (SSSR count). The molecule has 0 spiro atoms. The summed E-state index contributed by atoms with van der Waals surface area (Å²) in [7, 11) is 1.91. The molecule has 0 N–H and O–H groups in total. The molecular weight excluding hydrogens is 248 g/mol. The van der Waals surface area contributed by atoms with Crippen LogP contribution in [0.4, 0.5) is 0 Å². The Bertz CT molecular complexity index is 540. The number of likely N-dealkylation sites (tertiary alicyclic amines) is 1. The monoisotopic (exact) mass is 260 g/mol. The van der Waals surface area contributed by atoms with Crippen LogP contribution >= 0.6 is 11.6 Å². The van der Waals surface area contributed by atoms with E-state index >= 15 is 0 Å². The van der Waals surface area contributed by atoms with Gasteiger partial charge in [0.25, 0.3) is 0 Å². The smallest absolute Gasteiger partial charge is 0.205 e. The van der Waals surface area contributed by atoms with Gasteiger partial charge >= 0.3 is 0 Å². The van der Waals surface area contributed by atoms with Crippen LogP contribution in [-0.4, -0.2) is 24.3 Å². The van der Waals surface area contributed by atoms with Crippen molar-refractivity contribution in [1.82, 2.24) is 4.90 Å². The van der Waals surface area contributed by atoms with Gasteiger partial charge in [0.05, 0.1) is 0 Å². The second-order valence-corrected chi connectivity index (χ2v) is 4.73. The van der Waals surface area contributed by atoms with Crippen molar-refractivity contribution in [2.45, 2.75) is 12.8 Å². The van der Waals surface area contributed by atoms with Crippen LogP contribution in [-0.2, 0) is 0 Å². The Hall–Kier alpha value is -1.79. The Morgan fingerprint density at radius 1 is 1.39 bits per heavy atom. The molecular formula is C14H13ClN2O. The number of hydrogen-bond donors (Lipinski definition) is 0. The Balaban J connectivity index is 2.38. The van der Waals surface area contributed by atoms with Crippen LogP contribution in [0.25, 0.3) is 0 Å². The van der Waals surface area contributed by atoms with Gasteiger partial charge in [0, 0.05) is 29.9 Å². The predicted molar refractivity (Wildman–Crippen MR) is 70.3 cm³/mol. The van der Waals surface area contributed by atoms with E-state index < -0.39 is 0 Å². The zero-order valence-corrected chi connectivity index (χ0v) is 10.9. The summed E-state index contributed by atoms with van der Waals surface area (Å²) in [6, 6.07) is 8.66. The van der Waals surface area contributed by atoms with Crippen LogP contribution in [0.3, 0.4) is 0 Å². The molecule has 0 amide bonds. The molecule has 1 aliphatic rings. The number of nitrogens with zero attached hydrogens (tertiary/aromatic N) is 2. The summed E-state index contributed by atoms with van der Waals surface area (Å²) in [4.78, 5) is 14.2. The quantitative estimate of drug-likeness (QED) is 0.466. The van der Waals surface area contributed by atoms with E-state index in [2.05, 4.69) is 0 Å². The van der Waals surface area contributed by atoms with Crippen LogP contribution in [0.15, 0.2) is 35.5 Å². The summed E-state index contributed by atoms with van der Waals surface area (Å²) < 4.78 is 0. The fraction of sp³-hybridized carbons (Fsp3) is 0.286. The van der Waals surface area contributed by atoms with Gasteiger partial charge in [0.1, 0.15) is 11.6 Å². The van der Waals surface area contributed by atoms with Crippen molar-refractivity contribution in [2.24, 2.45) is 0 Å². The highest BCUT2D eigenvalue weighted by atomic mass is 35.5. The molecule has 1 aliphatic heterocycles. The number of allylic oxidation sites excluding steroid dienone is 2. The summed E-state index contributed by atoms with van der Waals surface area (Å²) in [5, 5.41) is 9.79. The molecule has 0 aliphatic carbocycles. The van der Waals surface area contributed by atoms with Crippen molar-refractivity contribution in [1.29, 1.82) is 5.26 Å². The average molecular weight is 261 g/mol. The number of ketones is 1. The van der Waals surface area contributed by atoms with Gasteiger partial charge in [-0.1, -0.05) is 11.6 Å². The van der Waals surface area contributed by atoms with Crippen LogP contribution in [0.2, 0.25) is 5.02 Å². The first-order valence-corrected chi connectivity index (χ1v) is 6.16. The number of carbonyl (C=O) groups excluding carboxylic acids is 1. The first-order chi connectivity index (χ1) is 8.63. The molecule has 3 nitrogen and oxygen atoms in total. The van der Waals surface area contributed by atoms with Gasteiger partial charge in [-0.05, 0) is 37.1 Å². The third-order valence-electron chi connectivity index (χ3n) is 3.10. The number of rotatable bonds is 2. The highest BCUT2D eigenvalue weighted by Crippen LogP contribution is 2.24. The minimum Gasteiger partial charge on any atom is -0.377 e. The molecule has 4 heteroatoms. The normalized spacial score (nSPS) is 17.5. The Morgan fingerprint density at radius 3 is 2.56 bits per heavy atom. The lowest BCUT2D eigenvalue weighted by Crippen LogP contribution is -2.15. The maximum atomic E-state index is 12.3. The molecule has 0 atom stereocenters. The number of carbonyl (C=O) groups is 1. The van der Waals surface area contributed by atoms with Crippen LogP contribution in [0, 0.1) is 11.3 Å². The maximum absolute atomic E-state index is 12.3. The SMILES string of the molecule is CN1CCC/C1=C(\C#N)C(=O)c1ccc(Cl)cc1. The van der Waals surface area contributed by atoms with Crippen molar-refractivity contribution in [2.75, 3.05) is 13.6 Å². The Morgan fingerprint density at radius 2 is 2.06 bits per heavy atom. The first kappa shape index (κ1) is 12.7. The predicted octanol–water partition coefficient (Wildman–Crippen LogP) is 3.03. The largest absolute Gasteiger partial charge is 0.377 e. The van der Waals surface area contributed by atoms with Crippen LogP contribution in [0.1, 0.15) is 23.2 Å².